The summed E-state index contributed by atoms with van der Waals surface area (Å²) in [4.78, 5) is 4.17. The number of nitrogens with one attached hydrogen (secondary N) is 2. The maximum atomic E-state index is 13.7. The van der Waals surface area contributed by atoms with Crippen LogP contribution in [0.5, 0.6) is 0 Å². The van der Waals surface area contributed by atoms with E-state index >= 15 is 0 Å². The summed E-state index contributed by atoms with van der Waals surface area (Å²) in [5.74, 6) is 0.752. The van der Waals surface area contributed by atoms with Gasteiger partial charge >= 0.3 is 0 Å². The van der Waals surface area contributed by atoms with Crippen LogP contribution in [0, 0.1) is 11.6 Å². The van der Waals surface area contributed by atoms with Crippen molar-refractivity contribution in [1.29, 1.82) is 0 Å². The van der Waals surface area contributed by atoms with Crippen LogP contribution in [0.2, 0.25) is 0 Å². The van der Waals surface area contributed by atoms with E-state index in [1.54, 1.807) is 7.05 Å². The van der Waals surface area contributed by atoms with Gasteiger partial charge in [-0.2, -0.15) is 11.8 Å². The van der Waals surface area contributed by atoms with Gasteiger partial charge in [0.1, 0.15) is 11.6 Å². The van der Waals surface area contributed by atoms with Crippen LogP contribution in [0.15, 0.2) is 23.2 Å². The van der Waals surface area contributed by atoms with Crippen LogP contribution >= 0.6 is 11.8 Å². The average molecular weight is 357 g/mol. The van der Waals surface area contributed by atoms with Crippen molar-refractivity contribution in [3.8, 4) is 0 Å². The zero-order valence-corrected chi connectivity index (χ0v) is 15.0. The molecule has 0 amide bonds. The quantitative estimate of drug-likeness (QED) is 0.607. The maximum Gasteiger partial charge on any atom is 0.191 e. The van der Waals surface area contributed by atoms with Crippen molar-refractivity contribution >= 4 is 17.7 Å². The van der Waals surface area contributed by atoms with E-state index in [4.69, 9.17) is 4.74 Å². The fourth-order valence-electron chi connectivity index (χ4n) is 2.74. The van der Waals surface area contributed by atoms with Gasteiger partial charge in [-0.1, -0.05) is 6.92 Å². The topological polar surface area (TPSA) is 45.7 Å². The largest absolute Gasteiger partial charge is 0.381 e. The Balaban J connectivity index is 1.90. The SMILES string of the molecule is CCSC1(CNC(=NC)NCc2cc(F)ccc2F)CCOCC1. The van der Waals surface area contributed by atoms with Crippen LogP contribution in [-0.2, 0) is 11.3 Å². The lowest BCUT2D eigenvalue weighted by atomic mass is 9.99. The number of hydrogen-bond acceptors (Lipinski definition) is 3. The summed E-state index contributed by atoms with van der Waals surface area (Å²) in [7, 11) is 1.67. The lowest BCUT2D eigenvalue weighted by Gasteiger charge is -2.37. The molecule has 0 unspecified atom stereocenters. The van der Waals surface area contributed by atoms with Crippen molar-refractivity contribution in [2.45, 2.75) is 31.1 Å². The third-order valence-corrected chi connectivity index (χ3v) is 5.56. The summed E-state index contributed by atoms with van der Waals surface area (Å²) in [5.41, 5.74) is 0.279. The molecular weight excluding hydrogens is 332 g/mol. The van der Waals surface area contributed by atoms with Gasteiger partial charge in [0.15, 0.2) is 5.96 Å². The van der Waals surface area contributed by atoms with Crippen molar-refractivity contribution < 1.29 is 13.5 Å². The van der Waals surface area contributed by atoms with Gasteiger partial charge < -0.3 is 15.4 Å². The van der Waals surface area contributed by atoms with E-state index in [0.29, 0.717) is 5.96 Å². The Kier molecular flexibility index (Phi) is 7.30. The second-order valence-electron chi connectivity index (χ2n) is 5.74. The van der Waals surface area contributed by atoms with E-state index in [1.165, 1.54) is 6.07 Å². The Bertz CT molecular complexity index is 557. The average Bonchev–Trinajstić information content (AvgIpc) is 2.59. The highest BCUT2D eigenvalue weighted by Gasteiger charge is 2.32. The normalized spacial score (nSPS) is 17.6. The van der Waals surface area contributed by atoms with Crippen molar-refractivity contribution in [2.24, 2.45) is 4.99 Å². The smallest absolute Gasteiger partial charge is 0.191 e. The minimum atomic E-state index is -0.448. The molecule has 1 fully saturated rings. The number of thioether (sulfide) groups is 1. The lowest BCUT2D eigenvalue weighted by Crippen LogP contribution is -2.48. The zero-order valence-electron chi connectivity index (χ0n) is 14.2. The number of benzene rings is 1. The van der Waals surface area contributed by atoms with E-state index in [1.807, 2.05) is 11.8 Å². The molecule has 0 aliphatic carbocycles. The molecule has 0 aromatic heterocycles. The molecule has 7 heteroatoms. The molecule has 2 rings (SSSR count). The number of nitrogens with zero attached hydrogens (tertiary/aromatic N) is 1. The van der Waals surface area contributed by atoms with Gasteiger partial charge in [0.25, 0.3) is 0 Å². The second kappa shape index (κ2) is 9.22. The predicted octanol–water partition coefficient (Wildman–Crippen LogP) is 2.93. The summed E-state index contributed by atoms with van der Waals surface area (Å²) in [5, 5.41) is 6.36. The van der Waals surface area contributed by atoms with Crippen molar-refractivity contribution in [3.05, 3.63) is 35.4 Å². The van der Waals surface area contributed by atoms with Crippen molar-refractivity contribution in [2.75, 3.05) is 32.6 Å². The number of halogens is 2. The zero-order chi connectivity index (χ0) is 17.4. The summed E-state index contributed by atoms with van der Waals surface area (Å²) in [6.45, 7) is 4.65. The minimum absolute atomic E-state index is 0.134. The van der Waals surface area contributed by atoms with Crippen LogP contribution in [-0.4, -0.2) is 43.3 Å². The van der Waals surface area contributed by atoms with E-state index in [9.17, 15) is 8.78 Å². The third-order valence-electron chi connectivity index (χ3n) is 4.11. The molecule has 24 heavy (non-hydrogen) atoms. The maximum absolute atomic E-state index is 13.7. The summed E-state index contributed by atoms with van der Waals surface area (Å²) in [6.07, 6.45) is 1.99. The first-order valence-corrected chi connectivity index (χ1v) is 9.17. The van der Waals surface area contributed by atoms with Gasteiger partial charge in [-0.25, -0.2) is 8.78 Å². The highest BCUT2D eigenvalue weighted by molar-refractivity contribution is 8.00. The second-order valence-corrected chi connectivity index (χ2v) is 7.48. The van der Waals surface area contributed by atoms with Crippen LogP contribution in [0.3, 0.4) is 0 Å². The molecule has 0 atom stereocenters. The Morgan fingerprint density at radius 1 is 1.29 bits per heavy atom. The number of hydrogen-bond donors (Lipinski definition) is 2. The third kappa shape index (κ3) is 5.34. The Hall–Kier alpha value is -1.34. The lowest BCUT2D eigenvalue weighted by molar-refractivity contribution is 0.0782. The van der Waals surface area contributed by atoms with Crippen molar-refractivity contribution in [1.82, 2.24) is 10.6 Å². The first-order chi connectivity index (χ1) is 11.6. The van der Waals surface area contributed by atoms with Gasteiger partial charge in [0.05, 0.1) is 0 Å². The van der Waals surface area contributed by atoms with Crippen LogP contribution in [0.25, 0.3) is 0 Å². The molecule has 1 aromatic rings. The number of rotatable bonds is 6. The first kappa shape index (κ1) is 19.0. The predicted molar refractivity (Wildman–Crippen MR) is 95.5 cm³/mol. The molecule has 1 aliphatic heterocycles. The van der Waals surface area contributed by atoms with Gasteiger partial charge in [-0.3, -0.25) is 4.99 Å². The molecule has 0 radical (unpaired) electrons. The van der Waals surface area contributed by atoms with Gasteiger partial charge in [-0.15, -0.1) is 0 Å². The summed E-state index contributed by atoms with van der Waals surface area (Å²) >= 11 is 1.94. The highest BCUT2D eigenvalue weighted by atomic mass is 32.2. The molecule has 1 saturated heterocycles. The van der Waals surface area contributed by atoms with Crippen molar-refractivity contribution in [3.63, 3.8) is 0 Å². The van der Waals surface area contributed by atoms with E-state index in [2.05, 4.69) is 22.5 Å². The Labute approximate surface area is 146 Å². The first-order valence-electron chi connectivity index (χ1n) is 8.19. The molecule has 0 bridgehead atoms. The monoisotopic (exact) mass is 357 g/mol. The molecule has 1 aliphatic rings. The van der Waals surface area contributed by atoms with Gasteiger partial charge in [0, 0.05) is 43.7 Å². The molecule has 134 valence electrons. The number of ether oxygens (including phenoxy) is 1. The fraction of sp³-hybridized carbons (Fsp3) is 0.588. The molecule has 1 aromatic carbocycles. The minimum Gasteiger partial charge on any atom is -0.381 e. The molecule has 0 spiro atoms. The Morgan fingerprint density at radius 3 is 2.71 bits per heavy atom. The molecule has 4 nitrogen and oxygen atoms in total. The van der Waals surface area contributed by atoms with E-state index in [0.717, 1.165) is 50.5 Å². The highest BCUT2D eigenvalue weighted by Crippen LogP contribution is 2.34. The molecule has 1 heterocycles. The molecule has 2 N–H and O–H groups in total. The van der Waals surface area contributed by atoms with Crippen LogP contribution in [0.1, 0.15) is 25.3 Å². The fourth-order valence-corrected chi connectivity index (χ4v) is 3.99. The van der Waals surface area contributed by atoms with E-state index < -0.39 is 11.6 Å². The Morgan fingerprint density at radius 2 is 2.04 bits per heavy atom. The molecular formula is C17H25F2N3OS. The summed E-state index contributed by atoms with van der Waals surface area (Å²) < 4.78 is 32.5. The number of guanidine groups is 1. The van der Waals surface area contributed by atoms with Crippen LogP contribution in [0.4, 0.5) is 8.78 Å². The number of aliphatic imine (C=N–C) groups is 1. The van der Waals surface area contributed by atoms with Crippen LogP contribution < -0.4 is 10.6 Å². The van der Waals surface area contributed by atoms with Gasteiger partial charge in [0.2, 0.25) is 0 Å². The molecule has 0 saturated carbocycles. The van der Waals surface area contributed by atoms with E-state index in [-0.39, 0.29) is 16.9 Å². The summed E-state index contributed by atoms with van der Waals surface area (Å²) in [6, 6.07) is 3.45. The van der Waals surface area contributed by atoms with Gasteiger partial charge in [-0.05, 0) is 36.8 Å². The standard InChI is InChI=1S/C17H25F2N3OS/c1-3-24-17(6-8-23-9-7-17)12-22-16(20-2)21-11-13-10-14(18)4-5-15(13)19/h4-5,10H,3,6-9,11-12H2,1-2H3,(H2,20,21,22).